The lowest BCUT2D eigenvalue weighted by Crippen LogP contribution is -2.35. The fraction of sp³-hybridized carbons (Fsp3) is 0.355. The second-order valence-electron chi connectivity index (χ2n) is 11.3. The molecule has 2 fully saturated rings. The predicted octanol–water partition coefficient (Wildman–Crippen LogP) is 4.50. The third-order valence-corrected chi connectivity index (χ3v) is 9.92. The van der Waals surface area contributed by atoms with Gasteiger partial charge in [-0.05, 0) is 75.2 Å². The quantitative estimate of drug-likeness (QED) is 0.260. The van der Waals surface area contributed by atoms with Gasteiger partial charge >= 0.3 is 0 Å². The van der Waals surface area contributed by atoms with Gasteiger partial charge in [0.15, 0.2) is 0 Å². The number of aromatic nitrogens is 2. The maximum absolute atomic E-state index is 14.0. The van der Waals surface area contributed by atoms with Crippen LogP contribution in [0.3, 0.4) is 0 Å². The molecule has 10 nitrogen and oxygen atoms in total. The van der Waals surface area contributed by atoms with Gasteiger partial charge < -0.3 is 25.4 Å². The molecule has 0 radical (unpaired) electrons. The van der Waals surface area contributed by atoms with Crippen LogP contribution in [0.2, 0.25) is 0 Å². The highest BCUT2D eigenvalue weighted by Gasteiger charge is 2.29. The SMILES string of the molecule is CN1CCC(Oc2ccc(C(N)=O)c(NC3CCOCC3)c2-c2n[nH]c3ccc(S(=O)(=O)c4cc(F)cc(F)c4)cc23)CC1. The molecule has 0 atom stereocenters. The zero-order chi connectivity index (χ0) is 31.0. The molecule has 44 heavy (non-hydrogen) atoms. The molecule has 3 heterocycles. The molecule has 13 heteroatoms. The third kappa shape index (κ3) is 5.99. The fourth-order valence-corrected chi connectivity index (χ4v) is 7.10. The van der Waals surface area contributed by atoms with Crippen LogP contribution in [-0.2, 0) is 14.6 Å². The average molecular weight is 626 g/mol. The number of aromatic amines is 1. The molecule has 2 saturated heterocycles. The zero-order valence-corrected chi connectivity index (χ0v) is 24.9. The molecule has 4 N–H and O–H groups in total. The summed E-state index contributed by atoms with van der Waals surface area (Å²) in [6.45, 7) is 2.83. The predicted molar refractivity (Wildman–Crippen MR) is 160 cm³/mol. The Balaban J connectivity index is 1.52. The van der Waals surface area contributed by atoms with Crippen molar-refractivity contribution in [2.75, 3.05) is 38.7 Å². The number of hydrogen-bond donors (Lipinski definition) is 3. The zero-order valence-electron chi connectivity index (χ0n) is 24.1. The number of nitrogens with two attached hydrogens (primary N) is 1. The number of nitrogens with one attached hydrogen (secondary N) is 2. The van der Waals surface area contributed by atoms with Crippen LogP contribution in [0, 0.1) is 11.6 Å². The summed E-state index contributed by atoms with van der Waals surface area (Å²) in [5, 5.41) is 11.4. The van der Waals surface area contributed by atoms with E-state index in [-0.39, 0.29) is 22.6 Å². The molecule has 232 valence electrons. The number of primary amides is 1. The number of ether oxygens (including phenoxy) is 2. The van der Waals surface area contributed by atoms with Crippen LogP contribution >= 0.6 is 0 Å². The van der Waals surface area contributed by atoms with E-state index < -0.39 is 32.3 Å². The van der Waals surface area contributed by atoms with E-state index in [0.29, 0.717) is 65.7 Å². The van der Waals surface area contributed by atoms with Crippen LogP contribution in [0.1, 0.15) is 36.0 Å². The van der Waals surface area contributed by atoms with Gasteiger partial charge in [0.1, 0.15) is 29.2 Å². The number of H-pyrrole nitrogens is 1. The van der Waals surface area contributed by atoms with E-state index >= 15 is 0 Å². The average Bonchev–Trinajstić information content (AvgIpc) is 3.41. The number of carbonyl (C=O) groups is 1. The van der Waals surface area contributed by atoms with Crippen LogP contribution in [0.15, 0.2) is 58.3 Å². The molecule has 0 bridgehead atoms. The molecule has 2 aliphatic rings. The normalized spacial score (nSPS) is 17.2. The number of amides is 1. The maximum atomic E-state index is 14.0. The Morgan fingerprint density at radius 1 is 1.02 bits per heavy atom. The summed E-state index contributed by atoms with van der Waals surface area (Å²) in [7, 11) is -2.25. The van der Waals surface area contributed by atoms with Crippen LogP contribution in [-0.4, -0.2) is 74.9 Å². The van der Waals surface area contributed by atoms with Crippen molar-refractivity contribution in [1.29, 1.82) is 0 Å². The molecule has 0 spiro atoms. The summed E-state index contributed by atoms with van der Waals surface area (Å²) in [4.78, 5) is 14.3. The van der Waals surface area contributed by atoms with Crippen molar-refractivity contribution in [1.82, 2.24) is 15.1 Å². The first-order valence-corrected chi connectivity index (χ1v) is 15.9. The molecule has 0 saturated carbocycles. The Labute approximate surface area is 253 Å². The Morgan fingerprint density at radius 3 is 2.41 bits per heavy atom. The van der Waals surface area contributed by atoms with Crippen LogP contribution in [0.4, 0.5) is 14.5 Å². The number of fused-ring (bicyclic) bond motifs is 1. The van der Waals surface area contributed by atoms with E-state index in [1.807, 2.05) is 0 Å². The third-order valence-electron chi connectivity index (χ3n) is 8.19. The highest BCUT2D eigenvalue weighted by Crippen LogP contribution is 2.43. The molecule has 0 aliphatic carbocycles. The number of benzene rings is 3. The molecular formula is C31H33F2N5O5S. The van der Waals surface area contributed by atoms with Gasteiger partial charge in [-0.15, -0.1) is 0 Å². The summed E-state index contributed by atoms with van der Waals surface area (Å²) in [6.07, 6.45) is 2.90. The number of carbonyl (C=O) groups excluding carboxylic acids is 1. The highest BCUT2D eigenvalue weighted by atomic mass is 32.2. The van der Waals surface area contributed by atoms with Gasteiger partial charge in [0.05, 0.1) is 32.1 Å². The number of sulfone groups is 1. The van der Waals surface area contributed by atoms with E-state index in [0.717, 1.165) is 38.1 Å². The Bertz CT molecular complexity index is 1800. The van der Waals surface area contributed by atoms with E-state index in [9.17, 15) is 22.0 Å². The van der Waals surface area contributed by atoms with Gasteiger partial charge in [-0.2, -0.15) is 5.10 Å². The van der Waals surface area contributed by atoms with Crippen molar-refractivity contribution in [2.24, 2.45) is 5.73 Å². The van der Waals surface area contributed by atoms with E-state index in [1.54, 1.807) is 12.1 Å². The largest absolute Gasteiger partial charge is 0.490 e. The topological polar surface area (TPSA) is 140 Å². The first kappa shape index (κ1) is 30.0. The molecule has 1 aromatic heterocycles. The standard InChI is InChI=1S/C31H33F2N5O5S/c1-38-10-6-21(7-11-38)43-27-5-3-24(31(34)39)29(35-20-8-12-42-13-9-20)28(27)30-25-17-22(2-4-26(25)36-37-30)44(40,41)23-15-18(32)14-19(33)16-23/h2-5,14-17,20-21,35H,6-13H2,1H3,(H2,34,39)(H,36,37). The van der Waals surface area contributed by atoms with Gasteiger partial charge in [0, 0.05) is 43.8 Å². The first-order chi connectivity index (χ1) is 21.1. The number of rotatable bonds is 8. The van der Waals surface area contributed by atoms with Crippen molar-refractivity contribution in [3.05, 3.63) is 65.7 Å². The maximum Gasteiger partial charge on any atom is 0.250 e. The monoisotopic (exact) mass is 625 g/mol. The van der Waals surface area contributed by atoms with E-state index in [1.165, 1.54) is 18.2 Å². The number of likely N-dealkylation sites (tertiary alicyclic amines) is 1. The summed E-state index contributed by atoms with van der Waals surface area (Å²) in [6, 6.07) is 9.75. The fourth-order valence-electron chi connectivity index (χ4n) is 5.77. The minimum absolute atomic E-state index is 0.0248. The van der Waals surface area contributed by atoms with Gasteiger partial charge in [-0.3, -0.25) is 9.89 Å². The van der Waals surface area contributed by atoms with Crippen LogP contribution < -0.4 is 15.8 Å². The highest BCUT2D eigenvalue weighted by molar-refractivity contribution is 7.91. The molecule has 2 aliphatic heterocycles. The lowest BCUT2D eigenvalue weighted by atomic mass is 9.98. The molecule has 3 aromatic carbocycles. The minimum Gasteiger partial charge on any atom is -0.490 e. The smallest absolute Gasteiger partial charge is 0.250 e. The van der Waals surface area contributed by atoms with Crippen LogP contribution in [0.25, 0.3) is 22.2 Å². The lowest BCUT2D eigenvalue weighted by molar-refractivity contribution is 0.0904. The summed E-state index contributed by atoms with van der Waals surface area (Å²) >= 11 is 0. The molecular weight excluding hydrogens is 592 g/mol. The molecule has 4 aromatic rings. The van der Waals surface area contributed by atoms with E-state index in [2.05, 4.69) is 27.5 Å². The van der Waals surface area contributed by atoms with E-state index in [4.69, 9.17) is 15.2 Å². The van der Waals surface area contributed by atoms with Crippen molar-refractivity contribution in [2.45, 2.75) is 47.6 Å². The lowest BCUT2D eigenvalue weighted by Gasteiger charge is -2.31. The second-order valence-corrected chi connectivity index (χ2v) is 13.2. The second kappa shape index (κ2) is 12.1. The van der Waals surface area contributed by atoms with Gasteiger partial charge in [0.25, 0.3) is 5.91 Å². The van der Waals surface area contributed by atoms with Gasteiger partial charge in [0.2, 0.25) is 9.84 Å². The van der Waals surface area contributed by atoms with Gasteiger partial charge in [-0.25, -0.2) is 17.2 Å². The van der Waals surface area contributed by atoms with Crippen molar-refractivity contribution >= 4 is 32.3 Å². The van der Waals surface area contributed by atoms with Crippen molar-refractivity contribution in [3.8, 4) is 17.0 Å². The molecule has 0 unspecified atom stereocenters. The Hall–Kier alpha value is -4.07. The summed E-state index contributed by atoms with van der Waals surface area (Å²) < 4.78 is 67.0. The molecule has 6 rings (SSSR count). The van der Waals surface area contributed by atoms with Crippen molar-refractivity contribution < 1.29 is 31.5 Å². The first-order valence-electron chi connectivity index (χ1n) is 14.5. The summed E-state index contributed by atoms with van der Waals surface area (Å²) in [5.41, 5.74) is 7.83. The summed E-state index contributed by atoms with van der Waals surface area (Å²) in [5.74, 6) is -2.19. The van der Waals surface area contributed by atoms with Crippen molar-refractivity contribution in [3.63, 3.8) is 0 Å². The number of anilines is 1. The number of hydrogen-bond acceptors (Lipinski definition) is 8. The number of piperidine rings is 1. The number of nitrogens with zero attached hydrogens (tertiary/aromatic N) is 2. The molecule has 1 amide bonds. The number of halogens is 2. The Morgan fingerprint density at radius 2 is 1.73 bits per heavy atom. The minimum atomic E-state index is -4.31. The van der Waals surface area contributed by atoms with Gasteiger partial charge in [-0.1, -0.05) is 0 Å². The Kier molecular flexibility index (Phi) is 8.27. The van der Waals surface area contributed by atoms with Crippen LogP contribution in [0.5, 0.6) is 5.75 Å².